The highest BCUT2D eigenvalue weighted by Crippen LogP contribution is 2.38. The average molecular weight is 413 g/mol. The van der Waals surface area contributed by atoms with E-state index in [-0.39, 0.29) is 12.4 Å². The van der Waals surface area contributed by atoms with E-state index in [4.69, 9.17) is 9.84 Å². The van der Waals surface area contributed by atoms with E-state index < -0.39 is 6.10 Å². The van der Waals surface area contributed by atoms with Crippen molar-refractivity contribution in [2.24, 2.45) is 0 Å². The number of aliphatic hydroxyl groups is 2. The van der Waals surface area contributed by atoms with Crippen LogP contribution in [-0.4, -0.2) is 52.6 Å². The molecule has 0 bridgehead atoms. The number of hydrogen-bond donors (Lipinski definition) is 4. The molecule has 0 amide bonds. The molecule has 1 aromatic carbocycles. The van der Waals surface area contributed by atoms with Gasteiger partial charge in [-0.05, 0) is 67.5 Å². The number of nitrogens with one attached hydrogen (secondary N) is 2. The predicted octanol–water partition coefficient (Wildman–Crippen LogP) is 3.35. The molecule has 0 saturated heterocycles. The van der Waals surface area contributed by atoms with Crippen molar-refractivity contribution in [1.29, 1.82) is 0 Å². The largest absolute Gasteiger partial charge is 0.496 e. The van der Waals surface area contributed by atoms with Gasteiger partial charge in [0, 0.05) is 35.4 Å². The van der Waals surface area contributed by atoms with Crippen molar-refractivity contribution in [2.75, 3.05) is 20.3 Å². The first-order valence-electron chi connectivity index (χ1n) is 10.4. The summed E-state index contributed by atoms with van der Waals surface area (Å²) in [5, 5.41) is 22.8. The lowest BCUT2D eigenvalue weighted by Gasteiger charge is -2.29. The molecule has 7 heteroatoms. The number of benzene rings is 1. The quantitative estimate of drug-likeness (QED) is 0.477. The van der Waals surface area contributed by atoms with Crippen molar-refractivity contribution in [2.45, 2.75) is 43.7 Å². The summed E-state index contributed by atoms with van der Waals surface area (Å²) in [6, 6.07) is 8.93. The van der Waals surface area contributed by atoms with Gasteiger partial charge in [0.05, 0.1) is 19.8 Å². The van der Waals surface area contributed by atoms with Crippen LogP contribution in [0.4, 0.5) is 4.39 Å². The Morgan fingerprint density at radius 3 is 2.73 bits per heavy atom. The van der Waals surface area contributed by atoms with E-state index in [9.17, 15) is 9.50 Å². The van der Waals surface area contributed by atoms with Gasteiger partial charge in [-0.3, -0.25) is 0 Å². The lowest BCUT2D eigenvalue weighted by atomic mass is 9.84. The third-order valence-corrected chi connectivity index (χ3v) is 6.02. The molecule has 6 nitrogen and oxygen atoms in total. The van der Waals surface area contributed by atoms with Crippen LogP contribution in [0.1, 0.15) is 37.3 Å². The summed E-state index contributed by atoms with van der Waals surface area (Å²) >= 11 is 0. The molecule has 3 aromatic rings. The van der Waals surface area contributed by atoms with Gasteiger partial charge in [0.25, 0.3) is 0 Å². The van der Waals surface area contributed by atoms with Gasteiger partial charge >= 0.3 is 0 Å². The Morgan fingerprint density at radius 1 is 1.20 bits per heavy atom. The summed E-state index contributed by atoms with van der Waals surface area (Å²) in [4.78, 5) is 7.94. The lowest BCUT2D eigenvalue weighted by Crippen LogP contribution is -2.38. The van der Waals surface area contributed by atoms with Gasteiger partial charge in [-0.2, -0.15) is 0 Å². The van der Waals surface area contributed by atoms with Crippen molar-refractivity contribution in [3.8, 4) is 16.9 Å². The maximum absolute atomic E-state index is 13.9. The number of aromatic nitrogens is 2. The fraction of sp³-hybridized carbons (Fsp3) is 0.435. The molecule has 2 heterocycles. The highest BCUT2D eigenvalue weighted by Gasteiger charge is 2.24. The summed E-state index contributed by atoms with van der Waals surface area (Å²) < 4.78 is 19.4. The summed E-state index contributed by atoms with van der Waals surface area (Å²) in [5.41, 5.74) is 3.55. The van der Waals surface area contributed by atoms with Gasteiger partial charge in [0.1, 0.15) is 17.2 Å². The molecule has 30 heavy (non-hydrogen) atoms. The maximum atomic E-state index is 13.9. The van der Waals surface area contributed by atoms with Crippen LogP contribution in [0.25, 0.3) is 22.2 Å². The number of halogens is 1. The topological polar surface area (TPSA) is 90.4 Å². The van der Waals surface area contributed by atoms with Gasteiger partial charge in [-0.1, -0.05) is 0 Å². The summed E-state index contributed by atoms with van der Waals surface area (Å²) in [5.74, 6) is 0.731. The number of methoxy groups -OCH3 is 1. The number of pyridine rings is 1. The molecule has 160 valence electrons. The minimum atomic E-state index is -0.708. The molecule has 1 saturated carbocycles. The van der Waals surface area contributed by atoms with Crippen LogP contribution in [0.2, 0.25) is 0 Å². The minimum Gasteiger partial charge on any atom is -0.496 e. The Bertz CT molecular complexity index is 999. The Morgan fingerprint density at radius 2 is 2.00 bits per heavy atom. The molecule has 1 aliphatic rings. The van der Waals surface area contributed by atoms with Crippen molar-refractivity contribution < 1.29 is 19.3 Å². The SMILES string of the molecule is COc1ccc(F)cc1-c1ccnc2[nH]c(C3CCC(NCC(O)CO)CC3)cc12. The Hall–Kier alpha value is -2.48. The second-order valence-corrected chi connectivity index (χ2v) is 7.98. The normalized spacial score (nSPS) is 20.4. The molecule has 2 aromatic heterocycles. The monoisotopic (exact) mass is 413 g/mol. The van der Waals surface area contributed by atoms with Crippen molar-refractivity contribution in [1.82, 2.24) is 15.3 Å². The van der Waals surface area contributed by atoms with E-state index in [0.717, 1.165) is 48.0 Å². The summed E-state index contributed by atoms with van der Waals surface area (Å²) in [6.07, 6.45) is 5.10. The second kappa shape index (κ2) is 9.12. The molecule has 1 unspecified atom stereocenters. The number of rotatable bonds is 7. The van der Waals surface area contributed by atoms with Crippen molar-refractivity contribution >= 4 is 11.0 Å². The molecule has 4 rings (SSSR count). The van der Waals surface area contributed by atoms with Gasteiger partial charge in [-0.25, -0.2) is 9.37 Å². The van der Waals surface area contributed by atoms with Crippen LogP contribution in [0.15, 0.2) is 36.5 Å². The maximum Gasteiger partial charge on any atom is 0.138 e. The van der Waals surface area contributed by atoms with E-state index in [2.05, 4.69) is 21.4 Å². The molecule has 0 spiro atoms. The van der Waals surface area contributed by atoms with E-state index in [0.29, 0.717) is 29.8 Å². The third kappa shape index (κ3) is 4.33. The zero-order chi connectivity index (χ0) is 21.1. The number of fused-ring (bicyclic) bond motifs is 1. The molecule has 4 N–H and O–H groups in total. The highest BCUT2D eigenvalue weighted by atomic mass is 19.1. The van der Waals surface area contributed by atoms with E-state index in [1.165, 1.54) is 12.1 Å². The van der Waals surface area contributed by atoms with Gasteiger partial charge in [0.2, 0.25) is 0 Å². The second-order valence-electron chi connectivity index (χ2n) is 7.98. The molecule has 0 aliphatic heterocycles. The smallest absolute Gasteiger partial charge is 0.138 e. The molecule has 1 atom stereocenters. The summed E-state index contributed by atoms with van der Waals surface area (Å²) in [6.45, 7) is 0.198. The Labute approximate surface area is 175 Å². The van der Waals surface area contributed by atoms with Crippen LogP contribution in [0, 0.1) is 5.82 Å². The predicted molar refractivity (Wildman–Crippen MR) is 114 cm³/mol. The van der Waals surface area contributed by atoms with Crippen molar-refractivity contribution in [3.05, 3.63) is 48.0 Å². The van der Waals surface area contributed by atoms with Crippen LogP contribution < -0.4 is 10.1 Å². The molecular weight excluding hydrogens is 385 g/mol. The van der Waals surface area contributed by atoms with Crippen LogP contribution in [0.3, 0.4) is 0 Å². The number of nitrogens with zero attached hydrogens (tertiary/aromatic N) is 1. The van der Waals surface area contributed by atoms with Gasteiger partial charge in [0.15, 0.2) is 0 Å². The number of ether oxygens (including phenoxy) is 1. The van der Waals surface area contributed by atoms with Gasteiger partial charge < -0.3 is 25.3 Å². The Balaban J connectivity index is 1.54. The lowest BCUT2D eigenvalue weighted by molar-refractivity contribution is 0.0900. The third-order valence-electron chi connectivity index (χ3n) is 6.02. The number of aromatic amines is 1. The zero-order valence-electron chi connectivity index (χ0n) is 17.1. The molecule has 0 radical (unpaired) electrons. The van der Waals surface area contributed by atoms with E-state index in [1.54, 1.807) is 19.4 Å². The first-order chi connectivity index (χ1) is 14.6. The van der Waals surface area contributed by atoms with Crippen LogP contribution in [-0.2, 0) is 0 Å². The number of hydrogen-bond acceptors (Lipinski definition) is 5. The van der Waals surface area contributed by atoms with Crippen LogP contribution in [0.5, 0.6) is 5.75 Å². The van der Waals surface area contributed by atoms with E-state index >= 15 is 0 Å². The highest BCUT2D eigenvalue weighted by molar-refractivity contribution is 5.95. The standard InChI is InChI=1S/C23H28FN3O3/c1-30-22-7-4-15(24)10-19(22)18-8-9-25-23-20(18)11-21(27-23)14-2-5-16(6-3-14)26-12-17(29)13-28/h4,7-11,14,16-17,26,28-29H,2-3,5-6,12-13H2,1H3,(H,25,27). The minimum absolute atomic E-state index is 0.219. The van der Waals surface area contributed by atoms with Crippen LogP contribution >= 0.6 is 0 Å². The van der Waals surface area contributed by atoms with Crippen molar-refractivity contribution in [3.63, 3.8) is 0 Å². The number of aliphatic hydroxyl groups excluding tert-OH is 2. The Kier molecular flexibility index (Phi) is 6.32. The fourth-order valence-corrected chi connectivity index (χ4v) is 4.37. The number of H-pyrrole nitrogens is 1. The average Bonchev–Trinajstić information content (AvgIpc) is 3.22. The first-order valence-corrected chi connectivity index (χ1v) is 10.4. The zero-order valence-corrected chi connectivity index (χ0v) is 17.1. The molecule has 1 fully saturated rings. The van der Waals surface area contributed by atoms with Gasteiger partial charge in [-0.15, -0.1) is 0 Å². The fourth-order valence-electron chi connectivity index (χ4n) is 4.37. The first kappa shape index (κ1) is 20.8. The molecule has 1 aliphatic carbocycles. The summed E-state index contributed by atoms with van der Waals surface area (Å²) in [7, 11) is 1.59. The van der Waals surface area contributed by atoms with E-state index in [1.807, 2.05) is 6.07 Å². The molecular formula is C23H28FN3O3.